The Balaban J connectivity index is 2.05. The van der Waals surface area contributed by atoms with Crippen molar-refractivity contribution < 1.29 is 14.2 Å². The van der Waals surface area contributed by atoms with Crippen molar-refractivity contribution in [3.8, 4) is 0 Å². The monoisotopic (exact) mass is 355 g/mol. The zero-order valence-corrected chi connectivity index (χ0v) is 14.2. The summed E-state index contributed by atoms with van der Waals surface area (Å²) in [5.74, 6) is -0.503. The van der Waals surface area contributed by atoms with Crippen LogP contribution in [0.4, 0.5) is 4.39 Å². The van der Waals surface area contributed by atoms with Crippen molar-refractivity contribution in [2.75, 3.05) is 27.2 Å². The number of likely N-dealkylation sites (N-methyl/N-ethyl adjacent to an activating group) is 1. The molecule has 1 aromatic carbocycles. The van der Waals surface area contributed by atoms with E-state index in [0.717, 1.165) is 13.1 Å². The number of nitrogens with zero attached hydrogens (tertiary/aromatic N) is 4. The number of rotatable bonds is 8. The molecule has 0 saturated carbocycles. The number of aromatic nitrogens is 2. The lowest BCUT2D eigenvalue weighted by molar-refractivity contribution is 0.299. The molecule has 0 unspecified atom stereocenters. The average Bonchev–Trinajstić information content (AvgIpc) is 3.00. The molecule has 7 nitrogen and oxygen atoms in total. The van der Waals surface area contributed by atoms with E-state index in [1.165, 1.54) is 12.1 Å². The van der Waals surface area contributed by atoms with E-state index in [2.05, 4.69) is 20.8 Å². The molecule has 2 aromatic rings. The van der Waals surface area contributed by atoms with Gasteiger partial charge in [0.2, 0.25) is 0 Å². The zero-order chi connectivity index (χ0) is 17.5. The van der Waals surface area contributed by atoms with E-state index in [9.17, 15) is 9.60 Å². The first kappa shape index (κ1) is 18.3. The molecule has 0 fully saturated rings. The van der Waals surface area contributed by atoms with Crippen LogP contribution in [0.1, 0.15) is 17.0 Å². The van der Waals surface area contributed by atoms with Gasteiger partial charge >= 0.3 is 0 Å². The Bertz CT molecular complexity index is 705. The van der Waals surface area contributed by atoms with Crippen molar-refractivity contribution in [3.63, 3.8) is 0 Å². The SMILES string of the molecule is CN(C)CCNCc1nonc1C(Cc1ccc(F)c(Cl)c1)=NO. The summed E-state index contributed by atoms with van der Waals surface area (Å²) in [5.41, 5.74) is 1.84. The van der Waals surface area contributed by atoms with E-state index in [-0.39, 0.29) is 17.2 Å². The maximum atomic E-state index is 13.2. The Morgan fingerprint density at radius 1 is 1.42 bits per heavy atom. The van der Waals surface area contributed by atoms with Crippen molar-refractivity contribution in [1.29, 1.82) is 0 Å². The Kier molecular flexibility index (Phi) is 6.65. The number of hydrogen-bond donors (Lipinski definition) is 2. The predicted molar refractivity (Wildman–Crippen MR) is 88.0 cm³/mol. The number of hydrogen-bond acceptors (Lipinski definition) is 7. The lowest BCUT2D eigenvalue weighted by Gasteiger charge is -2.09. The molecule has 1 heterocycles. The Labute approximate surface area is 144 Å². The largest absolute Gasteiger partial charge is 0.411 e. The second-order valence-corrected chi connectivity index (χ2v) is 5.92. The Morgan fingerprint density at radius 3 is 2.88 bits per heavy atom. The van der Waals surface area contributed by atoms with Gasteiger partial charge < -0.3 is 15.4 Å². The second kappa shape index (κ2) is 8.72. The molecule has 0 radical (unpaired) electrons. The van der Waals surface area contributed by atoms with Gasteiger partial charge in [0.05, 0.1) is 5.02 Å². The predicted octanol–water partition coefficient (Wildman–Crippen LogP) is 1.93. The van der Waals surface area contributed by atoms with Crippen molar-refractivity contribution in [1.82, 2.24) is 20.5 Å². The van der Waals surface area contributed by atoms with Gasteiger partial charge in [0, 0.05) is 26.1 Å². The van der Waals surface area contributed by atoms with Crippen LogP contribution in [0.3, 0.4) is 0 Å². The summed E-state index contributed by atoms with van der Waals surface area (Å²) in [7, 11) is 3.96. The molecule has 0 atom stereocenters. The molecule has 1 aromatic heterocycles. The van der Waals surface area contributed by atoms with Gasteiger partial charge in [-0.2, -0.15) is 0 Å². The van der Waals surface area contributed by atoms with Gasteiger partial charge in [0.1, 0.15) is 17.2 Å². The van der Waals surface area contributed by atoms with Crippen molar-refractivity contribution >= 4 is 17.3 Å². The lowest BCUT2D eigenvalue weighted by atomic mass is 10.1. The smallest absolute Gasteiger partial charge is 0.157 e. The third-order valence-electron chi connectivity index (χ3n) is 3.33. The van der Waals surface area contributed by atoms with Gasteiger partial charge in [-0.15, -0.1) is 0 Å². The van der Waals surface area contributed by atoms with Crippen LogP contribution in [0, 0.1) is 5.82 Å². The topological polar surface area (TPSA) is 86.8 Å². The second-order valence-electron chi connectivity index (χ2n) is 5.51. The summed E-state index contributed by atoms with van der Waals surface area (Å²) in [6.07, 6.45) is 0.218. The minimum absolute atomic E-state index is 0.00800. The van der Waals surface area contributed by atoms with Crippen molar-refractivity contribution in [3.05, 3.63) is 46.0 Å². The summed E-state index contributed by atoms with van der Waals surface area (Å²) < 4.78 is 18.0. The highest BCUT2D eigenvalue weighted by Crippen LogP contribution is 2.18. The summed E-state index contributed by atoms with van der Waals surface area (Å²) in [5, 5.41) is 23.4. The van der Waals surface area contributed by atoms with Gasteiger partial charge in [-0.25, -0.2) is 9.02 Å². The fourth-order valence-electron chi connectivity index (χ4n) is 2.06. The summed E-state index contributed by atoms with van der Waals surface area (Å²) >= 11 is 5.77. The van der Waals surface area contributed by atoms with Crippen LogP contribution < -0.4 is 5.32 Å². The van der Waals surface area contributed by atoms with E-state index in [1.54, 1.807) is 6.07 Å². The molecule has 130 valence electrons. The van der Waals surface area contributed by atoms with Gasteiger partial charge in [-0.05, 0) is 36.9 Å². The third kappa shape index (κ3) is 4.98. The van der Waals surface area contributed by atoms with Crippen molar-refractivity contribution in [2.24, 2.45) is 5.16 Å². The van der Waals surface area contributed by atoms with Crippen LogP contribution in [0.2, 0.25) is 5.02 Å². The molecule has 0 aliphatic carbocycles. The quantitative estimate of drug-likeness (QED) is 0.326. The highest BCUT2D eigenvalue weighted by molar-refractivity contribution is 6.30. The molecule has 0 bridgehead atoms. The first-order valence-electron chi connectivity index (χ1n) is 7.33. The molecule has 2 rings (SSSR count). The first-order valence-corrected chi connectivity index (χ1v) is 7.71. The van der Waals surface area contributed by atoms with Gasteiger partial charge in [-0.3, -0.25) is 0 Å². The van der Waals surface area contributed by atoms with Crippen LogP contribution in [0.15, 0.2) is 28.0 Å². The molecule has 9 heteroatoms. The third-order valence-corrected chi connectivity index (χ3v) is 3.62. The van der Waals surface area contributed by atoms with Crippen LogP contribution in [-0.4, -0.2) is 53.3 Å². The molecule has 0 spiro atoms. The standard InChI is InChI=1S/C15H19ClFN5O2/c1-22(2)6-5-18-9-14-15(21-24-20-14)13(19-23)8-10-3-4-12(17)11(16)7-10/h3-4,7,18,23H,5-6,8-9H2,1-2H3. The van der Waals surface area contributed by atoms with Gasteiger partial charge in [0.15, 0.2) is 5.69 Å². The maximum absolute atomic E-state index is 13.2. The fraction of sp³-hybridized carbons (Fsp3) is 0.400. The van der Waals surface area contributed by atoms with Crippen molar-refractivity contribution in [2.45, 2.75) is 13.0 Å². The molecular formula is C15H19ClFN5O2. The molecule has 0 amide bonds. The molecule has 0 aliphatic rings. The Morgan fingerprint density at radius 2 is 2.21 bits per heavy atom. The Hall–Kier alpha value is -2.03. The van der Waals surface area contributed by atoms with Crippen LogP contribution in [0.5, 0.6) is 0 Å². The van der Waals surface area contributed by atoms with Gasteiger partial charge in [-0.1, -0.05) is 28.0 Å². The number of oxime groups is 1. The maximum Gasteiger partial charge on any atom is 0.157 e. The molecule has 2 N–H and O–H groups in total. The first-order chi connectivity index (χ1) is 11.5. The average molecular weight is 356 g/mol. The minimum atomic E-state index is -0.503. The highest BCUT2D eigenvalue weighted by Gasteiger charge is 2.18. The molecule has 24 heavy (non-hydrogen) atoms. The lowest BCUT2D eigenvalue weighted by Crippen LogP contribution is -2.27. The summed E-state index contributed by atoms with van der Waals surface area (Å²) in [6.45, 7) is 2.06. The molecule has 0 aliphatic heterocycles. The van der Waals surface area contributed by atoms with E-state index in [4.69, 9.17) is 16.2 Å². The van der Waals surface area contributed by atoms with E-state index < -0.39 is 5.82 Å². The van der Waals surface area contributed by atoms with E-state index in [0.29, 0.717) is 23.5 Å². The van der Waals surface area contributed by atoms with E-state index in [1.807, 2.05) is 19.0 Å². The minimum Gasteiger partial charge on any atom is -0.411 e. The van der Waals surface area contributed by atoms with Crippen LogP contribution in [0.25, 0.3) is 0 Å². The summed E-state index contributed by atoms with van der Waals surface area (Å²) in [4.78, 5) is 2.05. The number of benzene rings is 1. The molecular weight excluding hydrogens is 337 g/mol. The van der Waals surface area contributed by atoms with Crippen LogP contribution >= 0.6 is 11.6 Å². The molecule has 0 saturated heterocycles. The summed E-state index contributed by atoms with van der Waals surface area (Å²) in [6, 6.07) is 4.30. The normalized spacial score (nSPS) is 12.1. The van der Waals surface area contributed by atoms with Crippen LogP contribution in [-0.2, 0) is 13.0 Å². The zero-order valence-electron chi connectivity index (χ0n) is 13.5. The number of halogens is 2. The number of nitrogens with one attached hydrogen (secondary N) is 1. The fourth-order valence-corrected chi connectivity index (χ4v) is 2.26. The highest BCUT2D eigenvalue weighted by atomic mass is 35.5. The van der Waals surface area contributed by atoms with E-state index >= 15 is 0 Å². The van der Waals surface area contributed by atoms with Gasteiger partial charge in [0.25, 0.3) is 0 Å².